The van der Waals surface area contributed by atoms with E-state index >= 15 is 0 Å². The lowest BCUT2D eigenvalue weighted by molar-refractivity contribution is -0.114. The summed E-state index contributed by atoms with van der Waals surface area (Å²) in [5, 5.41) is 0. The summed E-state index contributed by atoms with van der Waals surface area (Å²) in [5.41, 5.74) is 1.01. The van der Waals surface area contributed by atoms with Gasteiger partial charge in [0.2, 0.25) is 0 Å². The number of ketones is 1. The molecule has 6 heteroatoms. The first-order chi connectivity index (χ1) is 10.4. The van der Waals surface area contributed by atoms with Gasteiger partial charge in [-0.05, 0) is 37.6 Å². The number of nitrogens with zero attached hydrogens (tertiary/aromatic N) is 1. The minimum atomic E-state index is -3.49. The highest BCUT2D eigenvalue weighted by Crippen LogP contribution is 2.18. The number of benzene rings is 1. The quantitative estimate of drug-likeness (QED) is 0.484. The summed E-state index contributed by atoms with van der Waals surface area (Å²) >= 11 is 0. The van der Waals surface area contributed by atoms with E-state index in [2.05, 4.69) is 11.8 Å². The number of carbonyl (C=O) groups is 1. The Bertz CT molecular complexity index is 570. The van der Waals surface area contributed by atoms with Crippen LogP contribution in [0.2, 0.25) is 12.1 Å². The number of hydrogen-bond donors (Lipinski definition) is 0. The Morgan fingerprint density at radius 3 is 2.36 bits per heavy atom. The fourth-order valence-electron chi connectivity index (χ4n) is 2.34. The van der Waals surface area contributed by atoms with Gasteiger partial charge < -0.3 is 4.90 Å². The second-order valence-corrected chi connectivity index (χ2v) is 9.90. The standard InChI is InChI=1S/C16H27NO3SSi/c1-4-11-22-12-5-10-17(3)15-6-8-16(9-7-15)21(19,20)13-14(2)18/h6-9H,4-5,10-13,22H2,1-3H3. The van der Waals surface area contributed by atoms with Crippen LogP contribution in [0.15, 0.2) is 29.2 Å². The third-order valence-electron chi connectivity index (χ3n) is 3.63. The van der Waals surface area contributed by atoms with Crippen molar-refractivity contribution in [1.82, 2.24) is 0 Å². The number of sulfone groups is 1. The van der Waals surface area contributed by atoms with Gasteiger partial charge in [0.05, 0.1) is 4.90 Å². The molecule has 22 heavy (non-hydrogen) atoms. The van der Waals surface area contributed by atoms with Gasteiger partial charge in [-0.1, -0.05) is 25.4 Å². The van der Waals surface area contributed by atoms with Crippen LogP contribution in [0, 0.1) is 0 Å². The summed E-state index contributed by atoms with van der Waals surface area (Å²) in [6.45, 7) is 4.53. The molecule has 1 aromatic rings. The van der Waals surface area contributed by atoms with Gasteiger partial charge in [-0.25, -0.2) is 8.42 Å². The molecule has 0 atom stereocenters. The number of rotatable bonds is 10. The zero-order chi connectivity index (χ0) is 16.6. The van der Waals surface area contributed by atoms with Gasteiger partial charge in [-0.2, -0.15) is 0 Å². The highest BCUT2D eigenvalue weighted by molar-refractivity contribution is 7.92. The molecule has 0 amide bonds. The van der Waals surface area contributed by atoms with Gasteiger partial charge in [-0.3, -0.25) is 4.79 Å². The minimum Gasteiger partial charge on any atom is -0.375 e. The molecule has 0 spiro atoms. The Morgan fingerprint density at radius 1 is 1.18 bits per heavy atom. The van der Waals surface area contributed by atoms with Crippen LogP contribution in [0.1, 0.15) is 26.7 Å². The second-order valence-electron chi connectivity index (χ2n) is 5.79. The number of anilines is 1. The van der Waals surface area contributed by atoms with Crippen molar-refractivity contribution < 1.29 is 13.2 Å². The van der Waals surface area contributed by atoms with Crippen molar-refractivity contribution in [1.29, 1.82) is 0 Å². The van der Waals surface area contributed by atoms with E-state index in [1.54, 1.807) is 12.1 Å². The number of hydrogen-bond acceptors (Lipinski definition) is 4. The maximum Gasteiger partial charge on any atom is 0.185 e. The molecular weight excluding hydrogens is 314 g/mol. The third kappa shape index (κ3) is 6.32. The van der Waals surface area contributed by atoms with Crippen LogP contribution < -0.4 is 4.90 Å². The monoisotopic (exact) mass is 341 g/mol. The zero-order valence-corrected chi connectivity index (χ0v) is 16.1. The molecule has 0 saturated carbocycles. The summed E-state index contributed by atoms with van der Waals surface area (Å²) in [6.07, 6.45) is 2.51. The Kier molecular flexibility index (Phi) is 7.82. The van der Waals surface area contributed by atoms with Gasteiger partial charge in [0.25, 0.3) is 0 Å². The molecule has 0 saturated heterocycles. The molecule has 124 valence electrons. The molecular formula is C16H27NO3SSi. The Balaban J connectivity index is 2.59. The van der Waals surface area contributed by atoms with Crippen LogP contribution in [0.25, 0.3) is 0 Å². The van der Waals surface area contributed by atoms with Crippen molar-refractivity contribution in [2.45, 2.75) is 43.7 Å². The summed E-state index contributed by atoms with van der Waals surface area (Å²) in [4.78, 5) is 13.4. The van der Waals surface area contributed by atoms with Gasteiger partial charge >= 0.3 is 0 Å². The molecule has 0 N–H and O–H groups in total. The summed E-state index contributed by atoms with van der Waals surface area (Å²) < 4.78 is 23.9. The Labute approximate surface area is 136 Å². The van der Waals surface area contributed by atoms with Crippen molar-refractivity contribution in [3.8, 4) is 0 Å². The lowest BCUT2D eigenvalue weighted by Crippen LogP contribution is -2.19. The predicted molar refractivity (Wildman–Crippen MR) is 95.5 cm³/mol. The average molecular weight is 342 g/mol. The first-order valence-corrected chi connectivity index (χ1v) is 11.6. The Hall–Kier alpha value is -1.14. The average Bonchev–Trinajstić information content (AvgIpc) is 2.45. The van der Waals surface area contributed by atoms with E-state index in [0.717, 1.165) is 12.2 Å². The van der Waals surface area contributed by atoms with E-state index in [1.807, 2.05) is 19.2 Å². The fraction of sp³-hybridized carbons (Fsp3) is 0.562. The van der Waals surface area contributed by atoms with Crippen LogP contribution in [0.3, 0.4) is 0 Å². The second kappa shape index (κ2) is 9.10. The number of Topliss-reactive ketones (excluding diaryl/α,β-unsaturated/α-hetero) is 1. The molecule has 4 nitrogen and oxygen atoms in total. The topological polar surface area (TPSA) is 54.5 Å². The first kappa shape index (κ1) is 18.9. The Morgan fingerprint density at radius 2 is 1.82 bits per heavy atom. The van der Waals surface area contributed by atoms with Gasteiger partial charge in [-0.15, -0.1) is 0 Å². The van der Waals surface area contributed by atoms with Gasteiger partial charge in [0, 0.05) is 28.8 Å². The maximum absolute atomic E-state index is 12.0. The smallest absolute Gasteiger partial charge is 0.185 e. The largest absolute Gasteiger partial charge is 0.375 e. The molecule has 1 rings (SSSR count). The summed E-state index contributed by atoms with van der Waals surface area (Å²) in [7, 11) is -1.35. The lowest BCUT2D eigenvalue weighted by Gasteiger charge is -2.19. The van der Waals surface area contributed by atoms with Crippen LogP contribution in [0.5, 0.6) is 0 Å². The highest BCUT2D eigenvalue weighted by atomic mass is 32.2. The molecule has 0 fully saturated rings. The minimum absolute atomic E-state index is 0.114. The van der Waals surface area contributed by atoms with Crippen molar-refractivity contribution >= 4 is 30.8 Å². The predicted octanol–water partition coefficient (Wildman–Crippen LogP) is 2.29. The number of carbonyl (C=O) groups excluding carboxylic acids is 1. The normalized spacial score (nSPS) is 12.0. The van der Waals surface area contributed by atoms with Crippen LogP contribution in [-0.2, 0) is 14.6 Å². The van der Waals surface area contributed by atoms with E-state index in [4.69, 9.17) is 0 Å². The molecule has 0 aliphatic carbocycles. The summed E-state index contributed by atoms with van der Waals surface area (Å²) in [6, 6.07) is 9.61. The molecule has 0 heterocycles. The summed E-state index contributed by atoms with van der Waals surface area (Å²) in [5.74, 6) is -0.762. The van der Waals surface area contributed by atoms with Crippen LogP contribution in [-0.4, -0.2) is 43.1 Å². The molecule has 0 aliphatic rings. The van der Waals surface area contributed by atoms with Crippen LogP contribution in [0.4, 0.5) is 5.69 Å². The molecule has 0 bridgehead atoms. The molecule has 0 aromatic heterocycles. The maximum atomic E-state index is 12.0. The van der Waals surface area contributed by atoms with E-state index in [1.165, 1.54) is 31.9 Å². The zero-order valence-electron chi connectivity index (χ0n) is 13.8. The van der Waals surface area contributed by atoms with E-state index < -0.39 is 15.6 Å². The SMILES string of the molecule is CCC[SiH2]CCCN(C)c1ccc(S(=O)(=O)CC(C)=O)cc1. The van der Waals surface area contributed by atoms with Gasteiger partial charge in [0.15, 0.2) is 9.84 Å². The van der Waals surface area contributed by atoms with E-state index in [-0.39, 0.29) is 20.2 Å². The van der Waals surface area contributed by atoms with Crippen molar-refractivity contribution in [2.75, 3.05) is 24.2 Å². The molecule has 0 radical (unpaired) electrons. The van der Waals surface area contributed by atoms with Crippen molar-refractivity contribution in [3.63, 3.8) is 0 Å². The third-order valence-corrected chi connectivity index (χ3v) is 7.61. The van der Waals surface area contributed by atoms with Crippen molar-refractivity contribution in [3.05, 3.63) is 24.3 Å². The lowest BCUT2D eigenvalue weighted by atomic mass is 10.3. The van der Waals surface area contributed by atoms with E-state index in [0.29, 0.717) is 0 Å². The first-order valence-electron chi connectivity index (χ1n) is 7.90. The highest BCUT2D eigenvalue weighted by Gasteiger charge is 2.16. The molecule has 0 unspecified atom stereocenters. The van der Waals surface area contributed by atoms with E-state index in [9.17, 15) is 13.2 Å². The molecule has 0 aliphatic heterocycles. The van der Waals surface area contributed by atoms with Crippen molar-refractivity contribution in [2.24, 2.45) is 0 Å². The van der Waals surface area contributed by atoms with Gasteiger partial charge in [0.1, 0.15) is 11.5 Å². The molecule has 1 aromatic carbocycles. The van der Waals surface area contributed by atoms with Crippen LogP contribution >= 0.6 is 0 Å². The fourth-order valence-corrected chi connectivity index (χ4v) is 5.02.